The number of halogens is 1. The molecular formula is C22H15ClN2O6S. The number of nitrogens with one attached hydrogen (secondary N) is 1. The maximum absolute atomic E-state index is 12.4. The molecule has 0 bridgehead atoms. The monoisotopic (exact) mass is 470 g/mol. The minimum Gasteiger partial charge on any atom is -0.465 e. The molecule has 0 aliphatic carbocycles. The Kier molecular flexibility index (Phi) is 5.93. The summed E-state index contributed by atoms with van der Waals surface area (Å²) < 4.78 is 15.8. The van der Waals surface area contributed by atoms with Crippen molar-refractivity contribution in [2.24, 2.45) is 0 Å². The second-order valence-electron chi connectivity index (χ2n) is 6.46. The van der Waals surface area contributed by atoms with Crippen molar-refractivity contribution >= 4 is 56.9 Å². The van der Waals surface area contributed by atoms with Crippen molar-refractivity contribution in [2.75, 3.05) is 19.5 Å². The van der Waals surface area contributed by atoms with E-state index in [1.54, 1.807) is 36.4 Å². The lowest BCUT2D eigenvalue weighted by atomic mass is 10.1. The number of rotatable bonds is 5. The number of aromatic nitrogens is 1. The van der Waals surface area contributed by atoms with Crippen molar-refractivity contribution < 1.29 is 28.3 Å². The van der Waals surface area contributed by atoms with Gasteiger partial charge in [0, 0.05) is 17.8 Å². The smallest absolute Gasteiger partial charge is 0.374 e. The predicted molar refractivity (Wildman–Crippen MR) is 119 cm³/mol. The highest BCUT2D eigenvalue weighted by atomic mass is 35.5. The van der Waals surface area contributed by atoms with Crippen LogP contribution in [0.15, 0.2) is 53.1 Å². The summed E-state index contributed by atoms with van der Waals surface area (Å²) >= 11 is 7.19. The Morgan fingerprint density at radius 3 is 2.47 bits per heavy atom. The van der Waals surface area contributed by atoms with Crippen LogP contribution in [-0.2, 0) is 9.47 Å². The summed E-state index contributed by atoms with van der Waals surface area (Å²) in [4.78, 5) is 41.2. The van der Waals surface area contributed by atoms with E-state index in [0.29, 0.717) is 42.7 Å². The van der Waals surface area contributed by atoms with Gasteiger partial charge in [0.25, 0.3) is 5.91 Å². The number of fused-ring (bicyclic) bond motifs is 1. The molecule has 0 saturated heterocycles. The first kappa shape index (κ1) is 21.5. The van der Waals surface area contributed by atoms with Gasteiger partial charge in [0.2, 0.25) is 5.76 Å². The lowest BCUT2D eigenvalue weighted by Gasteiger charge is -2.07. The molecule has 0 spiro atoms. The molecule has 3 aromatic heterocycles. The van der Waals surface area contributed by atoms with Crippen molar-refractivity contribution in [3.63, 3.8) is 0 Å². The SMILES string of the molecule is COC(=O)c1cc2oc(C(=O)OC)c(-c3ccc(NC(=O)c4ccccc4Cl)nc3)c2s1. The van der Waals surface area contributed by atoms with Gasteiger partial charge in [0.1, 0.15) is 16.3 Å². The molecule has 32 heavy (non-hydrogen) atoms. The van der Waals surface area contributed by atoms with Crippen LogP contribution in [0.2, 0.25) is 5.02 Å². The average Bonchev–Trinajstić information content (AvgIpc) is 3.37. The number of esters is 2. The number of pyridine rings is 1. The third-order valence-corrected chi connectivity index (χ3v) is 5.98. The number of ether oxygens (including phenoxy) is 2. The first-order valence-corrected chi connectivity index (χ1v) is 10.4. The number of furan rings is 1. The van der Waals surface area contributed by atoms with Gasteiger partial charge in [0.05, 0.1) is 35.1 Å². The molecule has 162 valence electrons. The fourth-order valence-electron chi connectivity index (χ4n) is 3.03. The maximum Gasteiger partial charge on any atom is 0.374 e. The standard InChI is InChI=1S/C22H15ClN2O6S/c1-29-21(27)15-9-14-19(32-15)17(18(31-14)22(28)30-2)11-7-8-16(24-10-11)25-20(26)12-5-3-4-6-13(12)23/h3-10H,1-2H3,(H,24,25,26). The summed E-state index contributed by atoms with van der Waals surface area (Å²) in [5, 5.41) is 3.00. The first-order chi connectivity index (χ1) is 15.4. The Morgan fingerprint density at radius 2 is 1.81 bits per heavy atom. The lowest BCUT2D eigenvalue weighted by Crippen LogP contribution is -2.13. The quantitative estimate of drug-likeness (QED) is 0.407. The third-order valence-electron chi connectivity index (χ3n) is 4.53. The molecule has 0 atom stereocenters. The van der Waals surface area contributed by atoms with Gasteiger partial charge in [-0.3, -0.25) is 4.79 Å². The van der Waals surface area contributed by atoms with Crippen LogP contribution in [-0.4, -0.2) is 37.0 Å². The number of hydrogen-bond acceptors (Lipinski definition) is 8. The van der Waals surface area contributed by atoms with Crippen molar-refractivity contribution in [1.82, 2.24) is 4.98 Å². The number of benzene rings is 1. The second-order valence-corrected chi connectivity index (χ2v) is 7.92. The van der Waals surface area contributed by atoms with Gasteiger partial charge in [-0.05, 0) is 24.3 Å². The van der Waals surface area contributed by atoms with Gasteiger partial charge in [-0.2, -0.15) is 0 Å². The molecule has 0 aliphatic rings. The summed E-state index contributed by atoms with van der Waals surface area (Å²) in [5.74, 6) is -1.31. The van der Waals surface area contributed by atoms with Crippen LogP contribution in [0, 0.1) is 0 Å². The van der Waals surface area contributed by atoms with E-state index in [9.17, 15) is 14.4 Å². The van der Waals surface area contributed by atoms with E-state index in [-0.39, 0.29) is 5.76 Å². The average molecular weight is 471 g/mol. The molecule has 4 aromatic rings. The number of anilines is 1. The fraction of sp³-hybridized carbons (Fsp3) is 0.0909. The highest BCUT2D eigenvalue weighted by molar-refractivity contribution is 7.21. The molecule has 1 N–H and O–H groups in total. The molecule has 1 amide bonds. The Balaban J connectivity index is 1.69. The summed E-state index contributed by atoms with van der Waals surface area (Å²) in [6.45, 7) is 0. The topological polar surface area (TPSA) is 108 Å². The zero-order valence-electron chi connectivity index (χ0n) is 16.8. The molecule has 0 unspecified atom stereocenters. The molecule has 10 heteroatoms. The molecule has 0 aliphatic heterocycles. The zero-order chi connectivity index (χ0) is 22.8. The van der Waals surface area contributed by atoms with Gasteiger partial charge in [0.15, 0.2) is 0 Å². The highest BCUT2D eigenvalue weighted by Gasteiger charge is 2.26. The van der Waals surface area contributed by atoms with Crippen LogP contribution >= 0.6 is 22.9 Å². The molecule has 0 saturated carbocycles. The molecule has 4 rings (SSSR count). The zero-order valence-corrected chi connectivity index (χ0v) is 18.4. The summed E-state index contributed by atoms with van der Waals surface area (Å²) in [7, 11) is 2.53. The van der Waals surface area contributed by atoms with Crippen LogP contribution in [0.1, 0.15) is 30.6 Å². The molecule has 0 fully saturated rings. The van der Waals surface area contributed by atoms with Crippen LogP contribution < -0.4 is 5.32 Å². The number of carbonyl (C=O) groups is 3. The number of amides is 1. The van der Waals surface area contributed by atoms with E-state index in [0.717, 1.165) is 11.3 Å². The first-order valence-electron chi connectivity index (χ1n) is 9.18. The minimum absolute atomic E-state index is 0.0141. The number of thiophene rings is 1. The Morgan fingerprint density at radius 1 is 1.06 bits per heavy atom. The normalized spacial score (nSPS) is 10.7. The highest BCUT2D eigenvalue weighted by Crippen LogP contribution is 2.40. The lowest BCUT2D eigenvalue weighted by molar-refractivity contribution is 0.0568. The summed E-state index contributed by atoms with van der Waals surface area (Å²) in [5.41, 5.74) is 1.64. The van der Waals surface area contributed by atoms with Crippen LogP contribution in [0.5, 0.6) is 0 Å². The van der Waals surface area contributed by atoms with E-state index in [4.69, 9.17) is 25.5 Å². The fourth-order valence-corrected chi connectivity index (χ4v) is 4.32. The van der Waals surface area contributed by atoms with Gasteiger partial charge < -0.3 is 19.2 Å². The van der Waals surface area contributed by atoms with E-state index in [1.807, 2.05) is 0 Å². The second kappa shape index (κ2) is 8.81. The predicted octanol–water partition coefficient (Wildman–Crippen LogP) is 5.04. The molecule has 3 heterocycles. The van der Waals surface area contributed by atoms with Gasteiger partial charge in [-0.15, -0.1) is 11.3 Å². The molecular weight excluding hydrogens is 456 g/mol. The van der Waals surface area contributed by atoms with Crippen LogP contribution in [0.25, 0.3) is 21.4 Å². The number of methoxy groups -OCH3 is 2. The molecule has 1 aromatic carbocycles. The van der Waals surface area contributed by atoms with Gasteiger partial charge in [-0.25, -0.2) is 14.6 Å². The number of nitrogens with zero attached hydrogens (tertiary/aromatic N) is 1. The Hall–Kier alpha value is -3.69. The van der Waals surface area contributed by atoms with Crippen molar-refractivity contribution in [3.05, 3.63) is 69.9 Å². The Bertz CT molecular complexity index is 1340. The Labute approximate surface area is 190 Å². The van der Waals surface area contributed by atoms with E-state index < -0.39 is 17.8 Å². The van der Waals surface area contributed by atoms with Crippen LogP contribution in [0.3, 0.4) is 0 Å². The molecule has 8 nitrogen and oxygen atoms in total. The molecule has 0 radical (unpaired) electrons. The maximum atomic E-state index is 12.4. The van der Waals surface area contributed by atoms with Crippen molar-refractivity contribution in [3.8, 4) is 11.1 Å². The number of carbonyl (C=O) groups excluding carboxylic acids is 3. The minimum atomic E-state index is -0.667. The van der Waals surface area contributed by atoms with Gasteiger partial charge in [-0.1, -0.05) is 23.7 Å². The summed E-state index contributed by atoms with van der Waals surface area (Å²) in [6.07, 6.45) is 1.48. The van der Waals surface area contributed by atoms with Gasteiger partial charge >= 0.3 is 11.9 Å². The van der Waals surface area contributed by atoms with Crippen LogP contribution in [0.4, 0.5) is 5.82 Å². The van der Waals surface area contributed by atoms with Crippen molar-refractivity contribution in [1.29, 1.82) is 0 Å². The van der Waals surface area contributed by atoms with Crippen molar-refractivity contribution in [2.45, 2.75) is 0 Å². The van der Waals surface area contributed by atoms with E-state index >= 15 is 0 Å². The third kappa shape index (κ3) is 3.95. The largest absolute Gasteiger partial charge is 0.465 e. The summed E-state index contributed by atoms with van der Waals surface area (Å²) in [6, 6.07) is 11.4. The number of hydrogen-bond donors (Lipinski definition) is 1. The van der Waals surface area contributed by atoms with E-state index in [2.05, 4.69) is 10.3 Å². The van der Waals surface area contributed by atoms with E-state index in [1.165, 1.54) is 26.5 Å².